The number of hydrogen-bond donors (Lipinski definition) is 2. The van der Waals surface area contributed by atoms with Gasteiger partial charge in [-0.05, 0) is 31.5 Å². The maximum Gasteiger partial charge on any atom is 0.249 e. The van der Waals surface area contributed by atoms with Crippen LogP contribution in [0.2, 0.25) is 0 Å². The zero-order valence-electron chi connectivity index (χ0n) is 11.5. The van der Waals surface area contributed by atoms with Crippen molar-refractivity contribution in [3.8, 4) is 0 Å². The van der Waals surface area contributed by atoms with Gasteiger partial charge in [0.1, 0.15) is 0 Å². The average Bonchev–Trinajstić information content (AvgIpc) is 2.40. The third kappa shape index (κ3) is 2.70. The zero-order chi connectivity index (χ0) is 14.9. The monoisotopic (exact) mass is 275 g/mol. The lowest BCUT2D eigenvalue weighted by molar-refractivity contribution is -0.153. The third-order valence-corrected chi connectivity index (χ3v) is 3.31. The molecule has 1 aliphatic rings. The molecular formula is C14H17N3O3. The van der Waals surface area contributed by atoms with Crippen molar-refractivity contribution >= 4 is 17.7 Å². The standard InChI is InChI=1S/C14H17N3O3/c1-14(2)13(20)17(11(18)7-16-14)8-9-4-3-5-10(6-9)12(15)19/h3-6,16H,7-8H2,1-2H3,(H2,15,19). The largest absolute Gasteiger partial charge is 0.366 e. The zero-order valence-corrected chi connectivity index (χ0v) is 11.5. The summed E-state index contributed by atoms with van der Waals surface area (Å²) in [5.74, 6) is -1.10. The Morgan fingerprint density at radius 1 is 1.40 bits per heavy atom. The number of hydrogen-bond acceptors (Lipinski definition) is 4. The Morgan fingerprint density at radius 2 is 2.10 bits per heavy atom. The van der Waals surface area contributed by atoms with E-state index in [-0.39, 0.29) is 24.9 Å². The second-order valence-electron chi connectivity index (χ2n) is 5.33. The van der Waals surface area contributed by atoms with E-state index in [1.54, 1.807) is 38.1 Å². The van der Waals surface area contributed by atoms with Crippen LogP contribution in [0.5, 0.6) is 0 Å². The summed E-state index contributed by atoms with van der Waals surface area (Å²) in [5.41, 5.74) is 5.50. The van der Waals surface area contributed by atoms with Gasteiger partial charge in [-0.15, -0.1) is 0 Å². The summed E-state index contributed by atoms with van der Waals surface area (Å²) < 4.78 is 0. The van der Waals surface area contributed by atoms with E-state index in [1.165, 1.54) is 4.90 Å². The summed E-state index contributed by atoms with van der Waals surface area (Å²) >= 11 is 0. The van der Waals surface area contributed by atoms with Crippen molar-refractivity contribution in [1.82, 2.24) is 10.2 Å². The molecule has 1 aromatic carbocycles. The molecule has 6 nitrogen and oxygen atoms in total. The van der Waals surface area contributed by atoms with Crippen LogP contribution >= 0.6 is 0 Å². The number of imide groups is 1. The van der Waals surface area contributed by atoms with Crippen LogP contribution in [0, 0.1) is 0 Å². The maximum atomic E-state index is 12.2. The number of nitrogens with one attached hydrogen (secondary N) is 1. The number of primary amides is 1. The Hall–Kier alpha value is -2.21. The minimum atomic E-state index is -0.769. The molecule has 20 heavy (non-hydrogen) atoms. The normalized spacial score (nSPS) is 18.2. The van der Waals surface area contributed by atoms with Gasteiger partial charge in [-0.25, -0.2) is 0 Å². The van der Waals surface area contributed by atoms with Gasteiger partial charge in [0.25, 0.3) is 0 Å². The lowest BCUT2D eigenvalue weighted by Gasteiger charge is -2.36. The van der Waals surface area contributed by atoms with E-state index in [0.29, 0.717) is 11.1 Å². The Bertz CT molecular complexity index is 581. The van der Waals surface area contributed by atoms with Crippen molar-refractivity contribution in [1.29, 1.82) is 0 Å². The highest BCUT2D eigenvalue weighted by Gasteiger charge is 2.39. The first-order chi connectivity index (χ1) is 9.31. The summed E-state index contributed by atoms with van der Waals surface area (Å²) in [5, 5.41) is 2.89. The molecule has 1 saturated heterocycles. The summed E-state index contributed by atoms with van der Waals surface area (Å²) in [6, 6.07) is 6.62. The van der Waals surface area contributed by atoms with E-state index in [4.69, 9.17) is 5.73 Å². The Labute approximate surface area is 116 Å². The van der Waals surface area contributed by atoms with Gasteiger partial charge in [0.15, 0.2) is 0 Å². The second-order valence-corrected chi connectivity index (χ2v) is 5.33. The number of nitrogens with zero attached hydrogens (tertiary/aromatic N) is 1. The van der Waals surface area contributed by atoms with E-state index in [2.05, 4.69) is 5.32 Å². The summed E-state index contributed by atoms with van der Waals surface area (Å²) in [7, 11) is 0. The number of benzene rings is 1. The third-order valence-electron chi connectivity index (χ3n) is 3.31. The Balaban J connectivity index is 2.24. The van der Waals surface area contributed by atoms with Crippen LogP contribution in [0.4, 0.5) is 0 Å². The molecule has 1 aliphatic heterocycles. The molecular weight excluding hydrogens is 258 g/mol. The lowest BCUT2D eigenvalue weighted by atomic mass is 9.99. The van der Waals surface area contributed by atoms with Crippen LogP contribution in [-0.2, 0) is 16.1 Å². The van der Waals surface area contributed by atoms with Crippen molar-refractivity contribution < 1.29 is 14.4 Å². The molecule has 0 radical (unpaired) electrons. The highest BCUT2D eigenvalue weighted by Crippen LogP contribution is 2.17. The topological polar surface area (TPSA) is 92.5 Å². The molecule has 0 aromatic heterocycles. The van der Waals surface area contributed by atoms with Gasteiger partial charge in [0.2, 0.25) is 17.7 Å². The predicted molar refractivity (Wildman–Crippen MR) is 72.6 cm³/mol. The van der Waals surface area contributed by atoms with Crippen LogP contribution in [0.1, 0.15) is 29.8 Å². The first kappa shape index (κ1) is 14.2. The second kappa shape index (κ2) is 5.05. The molecule has 2 rings (SSSR count). The molecule has 1 fully saturated rings. The fourth-order valence-corrected chi connectivity index (χ4v) is 2.08. The van der Waals surface area contributed by atoms with Crippen LogP contribution < -0.4 is 11.1 Å². The minimum Gasteiger partial charge on any atom is -0.366 e. The number of amides is 3. The summed E-state index contributed by atoms with van der Waals surface area (Å²) in [4.78, 5) is 36.4. The van der Waals surface area contributed by atoms with E-state index in [1.807, 2.05) is 0 Å². The van der Waals surface area contributed by atoms with Crippen molar-refractivity contribution in [2.75, 3.05) is 6.54 Å². The number of nitrogens with two attached hydrogens (primary N) is 1. The number of rotatable bonds is 3. The molecule has 0 unspecified atom stereocenters. The Morgan fingerprint density at radius 3 is 2.75 bits per heavy atom. The number of piperazine rings is 1. The molecule has 6 heteroatoms. The van der Waals surface area contributed by atoms with Gasteiger partial charge in [0, 0.05) is 5.56 Å². The summed E-state index contributed by atoms with van der Waals surface area (Å²) in [6.45, 7) is 3.72. The molecule has 0 aliphatic carbocycles. The number of carbonyl (C=O) groups is 3. The highest BCUT2D eigenvalue weighted by molar-refractivity contribution is 6.03. The van der Waals surface area contributed by atoms with Gasteiger partial charge in [0.05, 0.1) is 18.6 Å². The number of carbonyl (C=O) groups excluding carboxylic acids is 3. The van der Waals surface area contributed by atoms with Gasteiger partial charge in [-0.1, -0.05) is 12.1 Å². The maximum absolute atomic E-state index is 12.2. The van der Waals surface area contributed by atoms with Crippen LogP contribution in [0.3, 0.4) is 0 Å². The van der Waals surface area contributed by atoms with Crippen molar-refractivity contribution in [3.05, 3.63) is 35.4 Å². The van der Waals surface area contributed by atoms with Crippen molar-refractivity contribution in [3.63, 3.8) is 0 Å². The van der Waals surface area contributed by atoms with Gasteiger partial charge in [-0.3, -0.25) is 24.6 Å². The van der Waals surface area contributed by atoms with E-state index in [0.717, 1.165) is 0 Å². The lowest BCUT2D eigenvalue weighted by Crippen LogP contribution is -2.63. The highest BCUT2D eigenvalue weighted by atomic mass is 16.2. The Kier molecular flexibility index (Phi) is 3.59. The molecule has 1 heterocycles. The molecule has 1 aromatic rings. The molecule has 0 bridgehead atoms. The fraction of sp³-hybridized carbons (Fsp3) is 0.357. The van der Waals surface area contributed by atoms with Crippen LogP contribution in [0.25, 0.3) is 0 Å². The minimum absolute atomic E-state index is 0.119. The van der Waals surface area contributed by atoms with E-state index >= 15 is 0 Å². The van der Waals surface area contributed by atoms with Gasteiger partial charge < -0.3 is 5.73 Å². The average molecular weight is 275 g/mol. The van der Waals surface area contributed by atoms with Gasteiger partial charge in [-0.2, -0.15) is 0 Å². The van der Waals surface area contributed by atoms with Crippen molar-refractivity contribution in [2.24, 2.45) is 5.73 Å². The first-order valence-electron chi connectivity index (χ1n) is 6.30. The predicted octanol–water partition coefficient (Wildman–Crippen LogP) is 0.0225. The van der Waals surface area contributed by atoms with E-state index < -0.39 is 11.4 Å². The quantitative estimate of drug-likeness (QED) is 0.761. The molecule has 0 spiro atoms. The SMILES string of the molecule is CC1(C)NCC(=O)N(Cc2cccc(C(N)=O)c2)C1=O. The fourth-order valence-electron chi connectivity index (χ4n) is 2.08. The molecule has 106 valence electrons. The molecule has 0 atom stereocenters. The van der Waals surface area contributed by atoms with E-state index in [9.17, 15) is 14.4 Å². The molecule has 0 saturated carbocycles. The first-order valence-corrected chi connectivity index (χ1v) is 6.30. The van der Waals surface area contributed by atoms with Crippen molar-refractivity contribution in [2.45, 2.75) is 25.9 Å². The summed E-state index contributed by atoms with van der Waals surface area (Å²) in [6.07, 6.45) is 0. The van der Waals surface area contributed by atoms with Crippen LogP contribution in [-0.4, -0.2) is 34.7 Å². The van der Waals surface area contributed by atoms with Gasteiger partial charge >= 0.3 is 0 Å². The van der Waals surface area contributed by atoms with Crippen LogP contribution in [0.15, 0.2) is 24.3 Å². The molecule has 3 amide bonds. The smallest absolute Gasteiger partial charge is 0.249 e. The molecule has 3 N–H and O–H groups in total.